The Hall–Kier alpha value is -3.91. The third-order valence-electron chi connectivity index (χ3n) is 7.01. The van der Waals surface area contributed by atoms with E-state index >= 15 is 0 Å². The molecule has 39 heavy (non-hydrogen) atoms. The smallest absolute Gasteiger partial charge is 0.323 e. The number of hydrogen-bond acceptors (Lipinski definition) is 5. The summed E-state index contributed by atoms with van der Waals surface area (Å²) < 4.78 is 5.55. The molecule has 3 aromatic carbocycles. The van der Waals surface area contributed by atoms with Crippen molar-refractivity contribution in [1.82, 2.24) is 4.90 Å². The van der Waals surface area contributed by atoms with Crippen LogP contribution in [0.25, 0.3) is 0 Å². The third-order valence-corrected chi connectivity index (χ3v) is 7.42. The average Bonchev–Trinajstić information content (AvgIpc) is 2.95. The molecule has 206 valence electrons. The van der Waals surface area contributed by atoms with Gasteiger partial charge in [-0.25, -0.2) is 4.79 Å². The lowest BCUT2D eigenvalue weighted by Crippen LogP contribution is -2.47. The first kappa shape index (κ1) is 28.1. The number of hydrogen-bond donors (Lipinski definition) is 2. The Kier molecular flexibility index (Phi) is 9.19. The van der Waals surface area contributed by atoms with Gasteiger partial charge in [-0.3, -0.25) is 4.79 Å². The zero-order valence-electron chi connectivity index (χ0n) is 23.0. The second kappa shape index (κ2) is 12.8. The molecule has 0 radical (unpaired) electrons. The molecule has 1 fully saturated rings. The Morgan fingerprint density at radius 1 is 0.872 bits per heavy atom. The molecule has 4 rings (SSSR count). The van der Waals surface area contributed by atoms with Crippen molar-refractivity contribution < 1.29 is 14.3 Å². The van der Waals surface area contributed by atoms with Gasteiger partial charge in [0.1, 0.15) is 5.75 Å². The minimum absolute atomic E-state index is 0.0588. The summed E-state index contributed by atoms with van der Waals surface area (Å²) in [7, 11) is 1.69. The van der Waals surface area contributed by atoms with Gasteiger partial charge in [-0.2, -0.15) is 0 Å². The van der Waals surface area contributed by atoms with Crippen LogP contribution in [0.2, 0.25) is 5.02 Å². The highest BCUT2D eigenvalue weighted by Gasteiger charge is 2.25. The van der Waals surface area contributed by atoms with E-state index in [0.29, 0.717) is 35.1 Å². The van der Waals surface area contributed by atoms with E-state index in [1.165, 1.54) is 0 Å². The Bertz CT molecular complexity index is 1320. The number of benzene rings is 3. The highest BCUT2D eigenvalue weighted by atomic mass is 35.5. The van der Waals surface area contributed by atoms with Gasteiger partial charge in [0, 0.05) is 61.4 Å². The van der Waals surface area contributed by atoms with Crippen molar-refractivity contribution in [1.29, 1.82) is 0 Å². The number of carbonyl (C=O) groups is 2. The van der Waals surface area contributed by atoms with E-state index in [2.05, 4.69) is 26.5 Å². The molecule has 0 aromatic heterocycles. The van der Waals surface area contributed by atoms with Gasteiger partial charge in [0.2, 0.25) is 0 Å². The Morgan fingerprint density at radius 2 is 1.46 bits per heavy atom. The number of anilines is 4. The summed E-state index contributed by atoms with van der Waals surface area (Å²) in [5, 5.41) is 6.24. The highest BCUT2D eigenvalue weighted by molar-refractivity contribution is 6.31. The van der Waals surface area contributed by atoms with Gasteiger partial charge >= 0.3 is 6.03 Å². The number of rotatable bonds is 8. The van der Waals surface area contributed by atoms with E-state index in [4.69, 9.17) is 16.3 Å². The van der Waals surface area contributed by atoms with Crippen LogP contribution < -0.4 is 25.2 Å². The first-order chi connectivity index (χ1) is 18.8. The van der Waals surface area contributed by atoms with Crippen LogP contribution in [0.5, 0.6) is 5.75 Å². The predicted octanol–water partition coefficient (Wildman–Crippen LogP) is 6.11. The van der Waals surface area contributed by atoms with Gasteiger partial charge in [0.25, 0.3) is 5.91 Å². The summed E-state index contributed by atoms with van der Waals surface area (Å²) in [6, 6.07) is 18.5. The van der Waals surface area contributed by atoms with Crippen LogP contribution in [0.4, 0.5) is 27.5 Å². The fraction of sp³-hybridized carbons (Fsp3) is 0.333. The number of amides is 3. The number of para-hydroxylation sites is 2. The maximum absolute atomic E-state index is 13.6. The minimum Gasteiger partial charge on any atom is -0.495 e. The molecule has 1 heterocycles. The summed E-state index contributed by atoms with van der Waals surface area (Å²) in [6.45, 7) is 10.1. The molecule has 3 aromatic rings. The monoisotopic (exact) mass is 549 g/mol. The number of nitrogens with zero attached hydrogens (tertiary/aromatic N) is 3. The van der Waals surface area contributed by atoms with Crippen LogP contribution >= 0.6 is 11.6 Å². The number of carbonyl (C=O) groups excluding carboxylic acids is 2. The van der Waals surface area contributed by atoms with E-state index in [-0.39, 0.29) is 5.91 Å². The minimum atomic E-state index is -0.408. The quantitative estimate of drug-likeness (QED) is 0.354. The second-order valence-electron chi connectivity index (χ2n) is 9.40. The molecule has 2 N–H and O–H groups in total. The Morgan fingerprint density at radius 3 is 2.08 bits per heavy atom. The molecule has 1 saturated heterocycles. The van der Waals surface area contributed by atoms with Gasteiger partial charge in [0.05, 0.1) is 18.4 Å². The predicted molar refractivity (Wildman–Crippen MR) is 160 cm³/mol. The van der Waals surface area contributed by atoms with Crippen molar-refractivity contribution in [2.45, 2.75) is 20.8 Å². The van der Waals surface area contributed by atoms with Crippen LogP contribution in [0.1, 0.15) is 29.8 Å². The van der Waals surface area contributed by atoms with Crippen LogP contribution in [0.15, 0.2) is 60.7 Å². The number of aryl methyl sites for hydroxylation is 1. The highest BCUT2D eigenvalue weighted by Crippen LogP contribution is 2.31. The largest absolute Gasteiger partial charge is 0.495 e. The van der Waals surface area contributed by atoms with Crippen LogP contribution in [0.3, 0.4) is 0 Å². The number of piperazine rings is 1. The number of halogens is 1. The zero-order chi connectivity index (χ0) is 27.9. The molecule has 0 saturated carbocycles. The molecule has 1 aliphatic rings. The first-order valence-electron chi connectivity index (χ1n) is 13.2. The number of ether oxygens (including phenoxy) is 1. The molecule has 0 unspecified atom stereocenters. The summed E-state index contributed by atoms with van der Waals surface area (Å²) >= 11 is 6.19. The molecular weight excluding hydrogens is 514 g/mol. The third kappa shape index (κ3) is 6.57. The maximum atomic E-state index is 13.6. The molecule has 1 aliphatic heterocycles. The van der Waals surface area contributed by atoms with E-state index in [1.54, 1.807) is 30.2 Å². The van der Waals surface area contributed by atoms with E-state index in [9.17, 15) is 9.59 Å². The molecule has 0 atom stereocenters. The maximum Gasteiger partial charge on any atom is 0.323 e. The van der Waals surface area contributed by atoms with Crippen molar-refractivity contribution in [2.75, 3.05) is 66.8 Å². The number of nitrogens with one attached hydrogen (secondary N) is 2. The standard InChI is InChI=1S/C30H36ClN5O3/c1-5-34(6-2)29(37)24-19-22(32-30(38)33-23-12-11-21(3)25(31)20-23)13-14-26(24)35-15-17-36(18-16-35)27-9-7-8-10-28(27)39-4/h7-14,19-20H,5-6,15-18H2,1-4H3,(H2,32,33,38). The van der Waals surface area contributed by atoms with E-state index in [1.807, 2.05) is 57.2 Å². The van der Waals surface area contributed by atoms with Crippen LogP contribution in [-0.4, -0.2) is 63.2 Å². The lowest BCUT2D eigenvalue weighted by atomic mass is 10.1. The van der Waals surface area contributed by atoms with Crippen LogP contribution in [-0.2, 0) is 0 Å². The average molecular weight is 550 g/mol. The van der Waals surface area contributed by atoms with Gasteiger partial charge in [-0.1, -0.05) is 29.8 Å². The van der Waals surface area contributed by atoms with Crippen LogP contribution in [0, 0.1) is 6.92 Å². The fourth-order valence-electron chi connectivity index (χ4n) is 4.79. The van der Waals surface area contributed by atoms with Gasteiger partial charge in [-0.05, 0) is 68.8 Å². The molecule has 0 aliphatic carbocycles. The van der Waals surface area contributed by atoms with Gasteiger partial charge < -0.3 is 30.1 Å². The SMILES string of the molecule is CCN(CC)C(=O)c1cc(NC(=O)Nc2ccc(C)c(Cl)c2)ccc1N1CCN(c2ccccc2OC)CC1. The van der Waals surface area contributed by atoms with Crippen molar-refractivity contribution in [3.63, 3.8) is 0 Å². The Labute approximate surface area is 235 Å². The Balaban J connectivity index is 1.54. The molecule has 3 amide bonds. The lowest BCUT2D eigenvalue weighted by Gasteiger charge is -2.38. The molecule has 8 nitrogen and oxygen atoms in total. The number of methoxy groups -OCH3 is 1. The normalized spacial score (nSPS) is 13.2. The fourth-order valence-corrected chi connectivity index (χ4v) is 4.97. The summed E-state index contributed by atoms with van der Waals surface area (Å²) in [5.74, 6) is 0.793. The molecule has 9 heteroatoms. The molecule has 0 bridgehead atoms. The second-order valence-corrected chi connectivity index (χ2v) is 9.81. The lowest BCUT2D eigenvalue weighted by molar-refractivity contribution is 0.0773. The number of urea groups is 1. The van der Waals surface area contributed by atoms with Crippen molar-refractivity contribution >= 4 is 46.3 Å². The van der Waals surface area contributed by atoms with Crippen molar-refractivity contribution in [3.8, 4) is 5.75 Å². The summed E-state index contributed by atoms with van der Waals surface area (Å²) in [6.07, 6.45) is 0. The topological polar surface area (TPSA) is 77.2 Å². The first-order valence-corrected chi connectivity index (χ1v) is 13.6. The molecular formula is C30H36ClN5O3. The molecule has 0 spiro atoms. The van der Waals surface area contributed by atoms with Gasteiger partial charge in [-0.15, -0.1) is 0 Å². The van der Waals surface area contributed by atoms with Crippen molar-refractivity contribution in [2.24, 2.45) is 0 Å². The van der Waals surface area contributed by atoms with E-state index < -0.39 is 6.03 Å². The van der Waals surface area contributed by atoms with Gasteiger partial charge in [0.15, 0.2) is 0 Å². The van der Waals surface area contributed by atoms with Crippen molar-refractivity contribution in [3.05, 3.63) is 76.8 Å². The zero-order valence-corrected chi connectivity index (χ0v) is 23.7. The summed E-state index contributed by atoms with van der Waals surface area (Å²) in [4.78, 5) is 32.6. The summed E-state index contributed by atoms with van der Waals surface area (Å²) in [5.41, 5.74) is 4.56. The van der Waals surface area contributed by atoms with E-state index in [0.717, 1.165) is 48.9 Å².